The Morgan fingerprint density at radius 2 is 1.73 bits per heavy atom. The summed E-state index contributed by atoms with van der Waals surface area (Å²) in [6.07, 6.45) is 3.24. The lowest BCUT2D eigenvalue weighted by atomic mass is 9.95. The van der Waals surface area contributed by atoms with Crippen LogP contribution >= 0.6 is 23.4 Å². The molecule has 3 aromatic carbocycles. The van der Waals surface area contributed by atoms with E-state index < -0.39 is 6.04 Å². The maximum absolute atomic E-state index is 13.8. The van der Waals surface area contributed by atoms with E-state index in [-0.39, 0.29) is 18.4 Å². The van der Waals surface area contributed by atoms with Gasteiger partial charge in [-0.25, -0.2) is 4.68 Å². The summed E-state index contributed by atoms with van der Waals surface area (Å²) >= 11 is 7.84. The third kappa shape index (κ3) is 6.76. The molecule has 11 heteroatoms. The minimum absolute atomic E-state index is 0.000337. The Labute approximate surface area is 265 Å². The van der Waals surface area contributed by atoms with Gasteiger partial charge in [-0.3, -0.25) is 9.59 Å². The first-order valence-electron chi connectivity index (χ1n) is 14.6. The molecule has 1 saturated heterocycles. The number of piperidine rings is 1. The van der Waals surface area contributed by atoms with E-state index in [0.29, 0.717) is 44.6 Å². The van der Waals surface area contributed by atoms with Crippen LogP contribution in [-0.2, 0) is 15.3 Å². The van der Waals surface area contributed by atoms with Crippen LogP contribution in [0.15, 0.2) is 95.3 Å². The highest BCUT2D eigenvalue weighted by atomic mass is 35.5. The normalized spacial score (nSPS) is 16.2. The molecule has 2 amide bonds. The molecule has 6 rings (SSSR count). The second kappa shape index (κ2) is 13.6. The molecule has 4 aromatic rings. The average Bonchev–Trinajstić information content (AvgIpc) is 3.46. The number of halogens is 1. The molecule has 0 aliphatic carbocycles. The molecule has 1 unspecified atom stereocenters. The third-order valence-electron chi connectivity index (χ3n) is 7.69. The second-order valence-corrected chi connectivity index (χ2v) is 12.1. The molecule has 0 radical (unpaired) electrons. The van der Waals surface area contributed by atoms with E-state index in [9.17, 15) is 9.59 Å². The summed E-state index contributed by atoms with van der Waals surface area (Å²) in [5.41, 5.74) is 3.70. The van der Waals surface area contributed by atoms with E-state index in [1.165, 1.54) is 11.8 Å². The predicted octanol–water partition coefficient (Wildman–Crippen LogP) is 6.54. The zero-order chi connectivity index (χ0) is 30.5. The highest BCUT2D eigenvalue weighted by Crippen LogP contribution is 2.38. The van der Waals surface area contributed by atoms with Crippen LogP contribution < -0.4 is 15.4 Å². The van der Waals surface area contributed by atoms with Crippen molar-refractivity contribution in [3.63, 3.8) is 0 Å². The van der Waals surface area contributed by atoms with Crippen molar-refractivity contribution in [2.75, 3.05) is 30.3 Å². The van der Waals surface area contributed by atoms with Crippen molar-refractivity contribution in [1.82, 2.24) is 19.7 Å². The van der Waals surface area contributed by atoms with Crippen LogP contribution in [-0.4, -0.2) is 51.2 Å². The van der Waals surface area contributed by atoms with E-state index in [0.717, 1.165) is 43.5 Å². The van der Waals surface area contributed by atoms with E-state index >= 15 is 0 Å². The number of anilines is 2. The highest BCUT2D eigenvalue weighted by molar-refractivity contribution is 7.98. The Bertz CT molecular complexity index is 1670. The lowest BCUT2D eigenvalue weighted by molar-refractivity contribution is -0.134. The number of thioether (sulfide) groups is 1. The van der Waals surface area contributed by atoms with E-state index in [1.807, 2.05) is 90.7 Å². The smallest absolute Gasteiger partial charge is 0.260 e. The van der Waals surface area contributed by atoms with Crippen molar-refractivity contribution >= 4 is 46.8 Å². The number of allylic oxidation sites excluding steroid dienone is 1. The van der Waals surface area contributed by atoms with Crippen molar-refractivity contribution in [3.05, 3.63) is 106 Å². The van der Waals surface area contributed by atoms with Gasteiger partial charge in [-0.15, -0.1) is 5.10 Å². The topological polar surface area (TPSA) is 101 Å². The van der Waals surface area contributed by atoms with Gasteiger partial charge in [0.25, 0.3) is 11.8 Å². The number of para-hydroxylation sites is 1. The number of hydrogen-bond acceptors (Lipinski definition) is 7. The summed E-state index contributed by atoms with van der Waals surface area (Å²) in [5.74, 6) is 1.48. The molecule has 1 fully saturated rings. The SMILES string of the molecule is CC1=C(C(=O)Nc2ccccc2)C(c2ccc(OCC(=O)N3CCCCC3)cc2)n2nc(SCc3ccccc3Cl)nc2N1. The molecule has 9 nitrogen and oxygen atoms in total. The lowest BCUT2D eigenvalue weighted by Crippen LogP contribution is -2.38. The first-order valence-corrected chi connectivity index (χ1v) is 16.0. The quantitative estimate of drug-likeness (QED) is 0.203. The lowest BCUT2D eigenvalue weighted by Gasteiger charge is -2.29. The molecule has 44 heavy (non-hydrogen) atoms. The van der Waals surface area contributed by atoms with Crippen molar-refractivity contribution in [3.8, 4) is 5.75 Å². The molecule has 226 valence electrons. The molecule has 1 aromatic heterocycles. The molecule has 0 spiro atoms. The van der Waals surface area contributed by atoms with Gasteiger partial charge in [0.05, 0.1) is 5.57 Å². The van der Waals surface area contributed by atoms with E-state index in [2.05, 4.69) is 10.6 Å². The number of carbonyl (C=O) groups excluding carboxylic acids is 2. The molecule has 0 saturated carbocycles. The number of rotatable bonds is 9. The van der Waals surface area contributed by atoms with Crippen LogP contribution in [0.5, 0.6) is 5.75 Å². The van der Waals surface area contributed by atoms with Gasteiger partial charge < -0.3 is 20.3 Å². The van der Waals surface area contributed by atoms with Crippen LogP contribution in [0.4, 0.5) is 11.6 Å². The van der Waals surface area contributed by atoms with Gasteiger partial charge in [0.2, 0.25) is 11.1 Å². The molecule has 1 atom stereocenters. The molecule has 2 N–H and O–H groups in total. The largest absolute Gasteiger partial charge is 0.484 e. The number of hydrogen-bond donors (Lipinski definition) is 2. The van der Waals surface area contributed by atoms with E-state index in [1.54, 1.807) is 4.68 Å². The second-order valence-electron chi connectivity index (χ2n) is 10.7. The zero-order valence-corrected chi connectivity index (χ0v) is 25.9. The molecular formula is C33H33ClN6O3S. The number of fused-ring (bicyclic) bond motifs is 1. The Morgan fingerprint density at radius 3 is 2.48 bits per heavy atom. The molecule has 0 bridgehead atoms. The summed E-state index contributed by atoms with van der Waals surface area (Å²) in [4.78, 5) is 33.0. The van der Waals surface area contributed by atoms with Gasteiger partial charge >= 0.3 is 0 Å². The average molecular weight is 629 g/mol. The standard InChI is InChI=1S/C33H33ClN6O3S/c1-22-29(31(42)36-25-11-4-2-5-12-25)30(23-14-16-26(17-15-23)43-20-28(41)39-18-8-3-9-19-39)40-32(35-22)37-33(38-40)44-21-24-10-6-7-13-27(24)34/h2,4-7,10-17,30H,3,8-9,18-21H2,1H3,(H,36,42)(H,35,37,38). The summed E-state index contributed by atoms with van der Waals surface area (Å²) < 4.78 is 7.60. The first-order chi connectivity index (χ1) is 21.5. The molecule has 3 heterocycles. The fourth-order valence-corrected chi connectivity index (χ4v) is 6.51. The van der Waals surface area contributed by atoms with E-state index in [4.69, 9.17) is 26.4 Å². The van der Waals surface area contributed by atoms with Gasteiger partial charge in [0.1, 0.15) is 11.8 Å². The van der Waals surface area contributed by atoms with Gasteiger partial charge in [0.15, 0.2) is 6.61 Å². The van der Waals surface area contributed by atoms with Gasteiger partial charge in [-0.2, -0.15) is 4.98 Å². The highest BCUT2D eigenvalue weighted by Gasteiger charge is 2.34. The van der Waals surface area contributed by atoms with Crippen LogP contribution in [0.1, 0.15) is 43.4 Å². The van der Waals surface area contributed by atoms with Gasteiger partial charge in [-0.1, -0.05) is 71.9 Å². The van der Waals surface area contributed by atoms with Gasteiger partial charge in [-0.05, 0) is 67.6 Å². The minimum Gasteiger partial charge on any atom is -0.484 e. The van der Waals surface area contributed by atoms with Crippen molar-refractivity contribution in [2.24, 2.45) is 0 Å². The van der Waals surface area contributed by atoms with Crippen LogP contribution in [0.2, 0.25) is 5.02 Å². The Morgan fingerprint density at radius 1 is 1.00 bits per heavy atom. The fourth-order valence-electron chi connectivity index (χ4n) is 5.40. The van der Waals surface area contributed by atoms with Crippen LogP contribution in [0, 0.1) is 0 Å². The van der Waals surface area contributed by atoms with Crippen LogP contribution in [0.3, 0.4) is 0 Å². The molecular weight excluding hydrogens is 596 g/mol. The van der Waals surface area contributed by atoms with Crippen molar-refractivity contribution < 1.29 is 14.3 Å². The fraction of sp³-hybridized carbons (Fsp3) is 0.273. The number of benzene rings is 3. The molecule has 2 aliphatic heterocycles. The summed E-state index contributed by atoms with van der Waals surface area (Å²) in [5, 5.41) is 12.4. The summed E-state index contributed by atoms with van der Waals surface area (Å²) in [7, 11) is 0. The van der Waals surface area contributed by atoms with Gasteiger partial charge in [0, 0.05) is 35.2 Å². The monoisotopic (exact) mass is 628 g/mol. The maximum Gasteiger partial charge on any atom is 0.260 e. The number of aromatic nitrogens is 3. The number of nitrogens with zero attached hydrogens (tertiary/aromatic N) is 4. The Kier molecular flexibility index (Phi) is 9.18. The Balaban J connectivity index is 1.26. The third-order valence-corrected chi connectivity index (χ3v) is 8.95. The number of likely N-dealkylation sites (tertiary alicyclic amines) is 1. The maximum atomic E-state index is 13.8. The number of amides is 2. The molecule has 2 aliphatic rings. The van der Waals surface area contributed by atoms with Crippen molar-refractivity contribution in [2.45, 2.75) is 43.1 Å². The Hall–Kier alpha value is -4.28. The number of carbonyl (C=O) groups is 2. The first kappa shape index (κ1) is 29.8. The zero-order valence-electron chi connectivity index (χ0n) is 24.3. The number of ether oxygens (including phenoxy) is 1. The summed E-state index contributed by atoms with van der Waals surface area (Å²) in [6.45, 7) is 3.44. The van der Waals surface area contributed by atoms with Crippen molar-refractivity contribution in [1.29, 1.82) is 0 Å². The van der Waals surface area contributed by atoms with Crippen LogP contribution in [0.25, 0.3) is 0 Å². The number of nitrogens with one attached hydrogen (secondary N) is 2. The summed E-state index contributed by atoms with van der Waals surface area (Å²) in [6, 6.07) is 23.9. The predicted molar refractivity (Wildman–Crippen MR) is 173 cm³/mol. The minimum atomic E-state index is -0.554.